The van der Waals surface area contributed by atoms with E-state index in [1.54, 1.807) is 0 Å². The molecule has 2 unspecified atom stereocenters. The first-order chi connectivity index (χ1) is 17.3. The van der Waals surface area contributed by atoms with E-state index in [1.165, 1.54) is 22.3 Å². The highest BCUT2D eigenvalue weighted by atomic mass is 16.5. The second-order valence-corrected chi connectivity index (χ2v) is 10.2. The summed E-state index contributed by atoms with van der Waals surface area (Å²) >= 11 is 0. The second-order valence-electron chi connectivity index (χ2n) is 10.2. The van der Waals surface area contributed by atoms with E-state index in [9.17, 15) is 10.1 Å². The van der Waals surface area contributed by atoms with Gasteiger partial charge in [-0.3, -0.25) is 9.79 Å². The number of allylic oxidation sites excluding steroid dienone is 1. The molecule has 0 saturated heterocycles. The van der Waals surface area contributed by atoms with Crippen molar-refractivity contribution in [2.24, 2.45) is 10.9 Å². The number of carbonyl (C=O) groups is 1. The number of amides is 1. The second kappa shape index (κ2) is 11.1. The van der Waals surface area contributed by atoms with E-state index in [4.69, 9.17) is 9.73 Å². The van der Waals surface area contributed by atoms with Crippen LogP contribution in [0.2, 0.25) is 0 Å². The molecule has 2 aliphatic rings. The first-order valence-electron chi connectivity index (χ1n) is 12.8. The molecule has 2 aromatic carbocycles. The van der Waals surface area contributed by atoms with Crippen molar-refractivity contribution in [3.05, 3.63) is 70.4 Å². The van der Waals surface area contributed by atoms with Crippen molar-refractivity contribution in [2.45, 2.75) is 58.6 Å². The minimum Gasteiger partial charge on any atom is -0.490 e. The molecule has 0 spiro atoms. The molecule has 0 fully saturated rings. The Labute approximate surface area is 214 Å². The third kappa shape index (κ3) is 5.52. The van der Waals surface area contributed by atoms with Crippen molar-refractivity contribution in [1.82, 2.24) is 10.2 Å². The summed E-state index contributed by atoms with van der Waals surface area (Å²) in [6, 6.07) is 14.6. The lowest BCUT2D eigenvalue weighted by atomic mass is 9.83. The van der Waals surface area contributed by atoms with Crippen LogP contribution in [0.3, 0.4) is 0 Å². The quantitative estimate of drug-likeness (QED) is 0.554. The van der Waals surface area contributed by atoms with E-state index in [1.807, 2.05) is 57.2 Å². The van der Waals surface area contributed by atoms with Crippen molar-refractivity contribution < 1.29 is 9.53 Å². The summed E-state index contributed by atoms with van der Waals surface area (Å²) in [4.78, 5) is 19.2. The molecule has 2 aromatic rings. The topological polar surface area (TPSA) is 77.7 Å². The van der Waals surface area contributed by atoms with Gasteiger partial charge in [-0.15, -0.1) is 0 Å². The number of aliphatic imine (C=N–C) groups is 1. The Kier molecular flexibility index (Phi) is 7.91. The maximum Gasteiger partial charge on any atom is 0.234 e. The Balaban J connectivity index is 1.62. The van der Waals surface area contributed by atoms with E-state index in [0.717, 1.165) is 37.0 Å². The Morgan fingerprint density at radius 1 is 1.28 bits per heavy atom. The predicted octanol–water partition coefficient (Wildman–Crippen LogP) is 5.27. The number of nitriles is 1. The molecule has 0 aromatic heterocycles. The summed E-state index contributed by atoms with van der Waals surface area (Å²) in [6.45, 7) is 6.50. The van der Waals surface area contributed by atoms with Gasteiger partial charge in [0.05, 0.1) is 30.0 Å². The van der Waals surface area contributed by atoms with Gasteiger partial charge in [0.25, 0.3) is 0 Å². The number of hydrogen-bond acceptors (Lipinski definition) is 5. The Hall–Kier alpha value is -3.43. The average Bonchev–Trinajstić information content (AvgIpc) is 3.25. The number of fused-ring (bicyclic) bond motifs is 1. The lowest BCUT2D eigenvalue weighted by Crippen LogP contribution is -2.35. The fraction of sp³-hybridized carbons (Fsp3) is 0.433. The molecule has 1 aliphatic carbocycles. The van der Waals surface area contributed by atoms with Gasteiger partial charge >= 0.3 is 0 Å². The maximum atomic E-state index is 12.4. The highest BCUT2D eigenvalue weighted by Gasteiger charge is 2.29. The van der Waals surface area contributed by atoms with Gasteiger partial charge < -0.3 is 15.0 Å². The van der Waals surface area contributed by atoms with Crippen LogP contribution in [-0.4, -0.2) is 43.3 Å². The van der Waals surface area contributed by atoms with Crippen molar-refractivity contribution >= 4 is 17.2 Å². The number of benzene rings is 2. The highest BCUT2D eigenvalue weighted by molar-refractivity contribution is 6.05. The van der Waals surface area contributed by atoms with Crippen LogP contribution in [0.5, 0.6) is 5.75 Å². The van der Waals surface area contributed by atoms with Gasteiger partial charge in [-0.1, -0.05) is 25.1 Å². The summed E-state index contributed by atoms with van der Waals surface area (Å²) in [5.41, 5.74) is 7.58. The third-order valence-corrected chi connectivity index (χ3v) is 6.88. The monoisotopic (exact) mass is 484 g/mol. The molecule has 6 heteroatoms. The molecule has 0 saturated carbocycles. The highest BCUT2D eigenvalue weighted by Crippen LogP contribution is 2.40. The molecule has 1 aliphatic heterocycles. The van der Waals surface area contributed by atoms with Crippen molar-refractivity contribution in [3.63, 3.8) is 0 Å². The van der Waals surface area contributed by atoms with Crippen LogP contribution in [0.4, 0.5) is 0 Å². The summed E-state index contributed by atoms with van der Waals surface area (Å²) in [5.74, 6) is 0.937. The molecule has 36 heavy (non-hydrogen) atoms. The molecule has 6 nitrogen and oxygen atoms in total. The van der Waals surface area contributed by atoms with E-state index < -0.39 is 0 Å². The molecular weight excluding hydrogens is 448 g/mol. The van der Waals surface area contributed by atoms with E-state index in [2.05, 4.69) is 36.5 Å². The van der Waals surface area contributed by atoms with Crippen LogP contribution in [0, 0.1) is 17.2 Å². The van der Waals surface area contributed by atoms with Crippen molar-refractivity contribution in [3.8, 4) is 11.8 Å². The zero-order valence-corrected chi connectivity index (χ0v) is 22.0. The largest absolute Gasteiger partial charge is 0.490 e. The summed E-state index contributed by atoms with van der Waals surface area (Å²) < 4.78 is 5.80. The first-order valence-corrected chi connectivity index (χ1v) is 12.8. The van der Waals surface area contributed by atoms with Crippen LogP contribution < -0.4 is 10.1 Å². The number of nitrogens with one attached hydrogen (secondary N) is 1. The molecular formula is C30H36N4O2. The first kappa shape index (κ1) is 25.7. The van der Waals surface area contributed by atoms with Gasteiger partial charge in [0.15, 0.2) is 0 Å². The van der Waals surface area contributed by atoms with E-state index >= 15 is 0 Å². The SMILES string of the molecule is CCC1CC(c2cccc3c2CCC3NC(=O)CN(C)C)=CN=C1c1ccc(OC(C)C)c(C#N)c1. The number of nitrogens with zero attached hydrogens (tertiary/aromatic N) is 3. The van der Waals surface area contributed by atoms with Gasteiger partial charge in [0.2, 0.25) is 5.91 Å². The van der Waals surface area contributed by atoms with Gasteiger partial charge in [-0.25, -0.2) is 0 Å². The number of hydrogen-bond donors (Lipinski definition) is 1. The average molecular weight is 485 g/mol. The zero-order chi connectivity index (χ0) is 25.8. The minimum atomic E-state index is 0.0114. The van der Waals surface area contributed by atoms with Crippen LogP contribution in [0.15, 0.2) is 47.6 Å². The molecule has 4 rings (SSSR count). The molecule has 1 heterocycles. The van der Waals surface area contributed by atoms with E-state index in [-0.39, 0.29) is 24.0 Å². The Morgan fingerprint density at radius 2 is 2.08 bits per heavy atom. The molecule has 2 atom stereocenters. The predicted molar refractivity (Wildman–Crippen MR) is 144 cm³/mol. The Morgan fingerprint density at radius 3 is 2.78 bits per heavy atom. The molecule has 188 valence electrons. The van der Waals surface area contributed by atoms with Gasteiger partial charge in [0.1, 0.15) is 11.8 Å². The lowest BCUT2D eigenvalue weighted by molar-refractivity contribution is -0.122. The maximum absolute atomic E-state index is 12.4. The van der Waals surface area contributed by atoms with Gasteiger partial charge in [0, 0.05) is 12.1 Å². The number of likely N-dealkylation sites (N-methyl/N-ethyl adjacent to an activating group) is 1. The van der Waals surface area contributed by atoms with Crippen LogP contribution in [0.25, 0.3) is 5.57 Å². The van der Waals surface area contributed by atoms with Crippen LogP contribution >= 0.6 is 0 Å². The number of ether oxygens (including phenoxy) is 1. The fourth-order valence-electron chi connectivity index (χ4n) is 5.26. The summed E-state index contributed by atoms with van der Waals surface area (Å²) in [5, 5.41) is 12.9. The zero-order valence-electron chi connectivity index (χ0n) is 22.0. The normalized spacial score (nSPS) is 18.9. The molecule has 0 radical (unpaired) electrons. The summed E-state index contributed by atoms with van der Waals surface area (Å²) in [7, 11) is 3.81. The fourth-order valence-corrected chi connectivity index (χ4v) is 5.26. The van der Waals surface area contributed by atoms with Gasteiger partial charge in [-0.2, -0.15) is 5.26 Å². The third-order valence-electron chi connectivity index (χ3n) is 6.88. The summed E-state index contributed by atoms with van der Waals surface area (Å²) in [6.07, 6.45) is 5.74. The van der Waals surface area contributed by atoms with Crippen LogP contribution in [-0.2, 0) is 11.2 Å². The number of rotatable bonds is 8. The van der Waals surface area contributed by atoms with Gasteiger partial charge in [-0.05, 0) is 99.7 Å². The van der Waals surface area contributed by atoms with Crippen molar-refractivity contribution in [2.75, 3.05) is 20.6 Å². The lowest BCUT2D eigenvalue weighted by Gasteiger charge is -2.25. The number of carbonyl (C=O) groups excluding carboxylic acids is 1. The van der Waals surface area contributed by atoms with Crippen LogP contribution in [0.1, 0.15) is 73.9 Å². The smallest absolute Gasteiger partial charge is 0.234 e. The molecule has 0 bridgehead atoms. The molecule has 1 N–H and O–H groups in total. The van der Waals surface area contributed by atoms with Crippen molar-refractivity contribution in [1.29, 1.82) is 5.26 Å². The van der Waals surface area contributed by atoms with E-state index in [0.29, 0.717) is 17.9 Å². The standard InChI is InChI=1S/C30H36N4O2/c1-6-20-14-23(17-32-30(20)21-10-13-28(36-19(2)3)22(15-21)16-31)24-8-7-9-26-25(24)11-12-27(26)33-29(35)18-34(4)5/h7-10,13,15,17,19-20,27H,6,11-12,14,18H2,1-5H3,(H,33,35). The Bertz CT molecular complexity index is 1240. The molecule has 1 amide bonds. The minimum absolute atomic E-state index is 0.0114.